The smallest absolute Gasteiger partial charge is 0.329 e. The molecule has 0 unspecified atom stereocenters. The Bertz CT molecular complexity index is 1220. The van der Waals surface area contributed by atoms with E-state index in [1.165, 1.54) is 11.6 Å². The highest BCUT2D eigenvalue weighted by atomic mass is 16.5. The zero-order chi connectivity index (χ0) is 24.6. The number of anilines is 1. The Labute approximate surface area is 195 Å². The summed E-state index contributed by atoms with van der Waals surface area (Å²) in [6.07, 6.45) is 4.65. The summed E-state index contributed by atoms with van der Waals surface area (Å²) >= 11 is 0. The molecule has 10 nitrogen and oxygen atoms in total. The summed E-state index contributed by atoms with van der Waals surface area (Å²) in [4.78, 5) is 64.1. The maximum Gasteiger partial charge on any atom is 0.329 e. The molecule has 1 aromatic heterocycles. The Morgan fingerprint density at radius 1 is 1.06 bits per heavy atom. The minimum Gasteiger partial charge on any atom is -0.454 e. The number of esters is 1. The second kappa shape index (κ2) is 9.12. The summed E-state index contributed by atoms with van der Waals surface area (Å²) in [5, 5.41) is 2.51. The number of hydrogen-bond acceptors (Lipinski definition) is 6. The molecule has 2 aromatic rings. The molecule has 0 radical (unpaired) electrons. The summed E-state index contributed by atoms with van der Waals surface area (Å²) in [7, 11) is 1.69. The lowest BCUT2D eigenvalue weighted by molar-refractivity contribution is -0.159. The molecule has 3 atom stereocenters. The van der Waals surface area contributed by atoms with Crippen LogP contribution in [0.4, 0.5) is 5.69 Å². The topological polar surface area (TPSA) is 120 Å². The molecule has 1 aromatic carbocycles. The number of ether oxygens (including phenoxy) is 1. The van der Waals surface area contributed by atoms with Gasteiger partial charge in [0.05, 0.1) is 23.2 Å². The van der Waals surface area contributed by atoms with Crippen molar-refractivity contribution in [3.05, 3.63) is 58.5 Å². The number of amides is 3. The first kappa shape index (κ1) is 23.2. The quantitative estimate of drug-likeness (QED) is 0.389. The fourth-order valence-corrected chi connectivity index (χ4v) is 4.46. The van der Waals surface area contributed by atoms with Crippen molar-refractivity contribution in [3.63, 3.8) is 0 Å². The first-order chi connectivity index (χ1) is 16.2. The number of allylic oxidation sites excluding steroid dienone is 2. The number of hydrogen-bond donors (Lipinski definition) is 1. The Morgan fingerprint density at radius 2 is 1.65 bits per heavy atom. The average molecular weight is 466 g/mol. The first-order valence-corrected chi connectivity index (χ1v) is 11.0. The Hall–Kier alpha value is -3.95. The van der Waals surface area contributed by atoms with Crippen molar-refractivity contribution in [2.24, 2.45) is 18.9 Å². The minimum absolute atomic E-state index is 0.0712. The van der Waals surface area contributed by atoms with Crippen LogP contribution in [0.25, 0.3) is 5.69 Å². The van der Waals surface area contributed by atoms with E-state index in [0.29, 0.717) is 24.2 Å². The highest BCUT2D eigenvalue weighted by Gasteiger charge is 2.50. The van der Waals surface area contributed by atoms with Crippen molar-refractivity contribution < 1.29 is 23.9 Å². The Balaban J connectivity index is 1.40. The number of nitrogens with one attached hydrogen (secondary N) is 1. The van der Waals surface area contributed by atoms with Gasteiger partial charge in [0, 0.05) is 7.05 Å². The van der Waals surface area contributed by atoms with Crippen molar-refractivity contribution in [2.75, 3.05) is 11.9 Å². The van der Waals surface area contributed by atoms with Crippen LogP contribution in [0.15, 0.2) is 47.3 Å². The normalized spacial score (nSPS) is 20.3. The van der Waals surface area contributed by atoms with Gasteiger partial charge in [0.25, 0.3) is 11.5 Å². The average Bonchev–Trinajstić information content (AvgIpc) is 3.22. The summed E-state index contributed by atoms with van der Waals surface area (Å²) in [6.45, 7) is 2.43. The van der Waals surface area contributed by atoms with Crippen LogP contribution in [-0.4, -0.2) is 50.6 Å². The monoisotopic (exact) mass is 466 g/mol. The molecule has 2 heterocycles. The maximum atomic E-state index is 12.9. The van der Waals surface area contributed by atoms with E-state index in [9.17, 15) is 24.0 Å². The number of para-hydroxylation sites is 1. The number of imide groups is 1. The molecule has 1 fully saturated rings. The molecule has 1 N–H and O–H groups in total. The van der Waals surface area contributed by atoms with Gasteiger partial charge < -0.3 is 10.1 Å². The van der Waals surface area contributed by atoms with Crippen LogP contribution >= 0.6 is 0 Å². The fourth-order valence-electron chi connectivity index (χ4n) is 4.46. The molecule has 4 rings (SSSR count). The summed E-state index contributed by atoms with van der Waals surface area (Å²) in [5.41, 5.74) is 0.798. The molecule has 0 saturated carbocycles. The van der Waals surface area contributed by atoms with E-state index in [1.807, 2.05) is 18.2 Å². The summed E-state index contributed by atoms with van der Waals surface area (Å²) < 4.78 is 8.10. The van der Waals surface area contributed by atoms with Gasteiger partial charge in [-0.15, -0.1) is 0 Å². The van der Waals surface area contributed by atoms with Gasteiger partial charge in [0.1, 0.15) is 11.7 Å². The highest BCUT2D eigenvalue weighted by molar-refractivity contribution is 6.08. The van der Waals surface area contributed by atoms with Gasteiger partial charge >= 0.3 is 5.97 Å². The molecule has 10 heteroatoms. The molecule has 34 heavy (non-hydrogen) atoms. The van der Waals surface area contributed by atoms with E-state index >= 15 is 0 Å². The summed E-state index contributed by atoms with van der Waals surface area (Å²) in [6, 6.07) is 7.81. The third-order valence-corrected chi connectivity index (χ3v) is 6.43. The van der Waals surface area contributed by atoms with Crippen LogP contribution in [-0.2, 0) is 31.0 Å². The summed E-state index contributed by atoms with van der Waals surface area (Å²) in [5.74, 6) is -3.27. The third kappa shape index (κ3) is 3.95. The zero-order valence-corrected chi connectivity index (χ0v) is 19.2. The second-order valence-corrected chi connectivity index (χ2v) is 8.47. The van der Waals surface area contributed by atoms with E-state index in [2.05, 4.69) is 5.32 Å². The van der Waals surface area contributed by atoms with Gasteiger partial charge in [0.2, 0.25) is 11.8 Å². The molecule has 178 valence electrons. The number of likely N-dealkylation sites (tertiary alicyclic amines) is 1. The Kier molecular flexibility index (Phi) is 6.23. The predicted octanol–water partition coefficient (Wildman–Crippen LogP) is 1.31. The first-order valence-electron chi connectivity index (χ1n) is 11.0. The molecule has 0 spiro atoms. The van der Waals surface area contributed by atoms with Crippen molar-refractivity contribution in [1.29, 1.82) is 0 Å². The minimum atomic E-state index is -1.15. The number of nitrogens with zero attached hydrogens (tertiary/aromatic N) is 3. The molecule has 0 bridgehead atoms. The van der Waals surface area contributed by atoms with Crippen molar-refractivity contribution in [2.45, 2.75) is 32.7 Å². The SMILES string of the molecule is Cc1c(NC(=O)COC(=O)[C@H](C)N2C(=O)[C@@H]3CC=CC[C@H]3C2=O)c(=O)n(-c2ccccc2)n1C. The standard InChI is InChI=1S/C24H26N4O6/c1-14-20(23(32)28(26(14)3)16-9-5-4-6-10-16)25-19(29)13-34-24(33)15(2)27-21(30)17-11-7-8-12-18(17)22(27)31/h4-10,15,17-18H,11-13H2,1-3H3,(H,25,29)/t15-,17+,18+/m0/s1. The van der Waals surface area contributed by atoms with Gasteiger partial charge in [-0.25, -0.2) is 9.48 Å². The van der Waals surface area contributed by atoms with E-state index in [0.717, 1.165) is 4.90 Å². The lowest BCUT2D eigenvalue weighted by Gasteiger charge is -2.21. The second-order valence-electron chi connectivity index (χ2n) is 8.47. The molecule has 1 aliphatic carbocycles. The molecule has 2 aliphatic rings. The van der Waals surface area contributed by atoms with Gasteiger partial charge in [-0.2, -0.15) is 0 Å². The largest absolute Gasteiger partial charge is 0.454 e. The number of carbonyl (C=O) groups is 4. The van der Waals surface area contributed by atoms with Crippen molar-refractivity contribution >= 4 is 29.4 Å². The van der Waals surface area contributed by atoms with Crippen LogP contribution < -0.4 is 10.9 Å². The van der Waals surface area contributed by atoms with Crippen LogP contribution in [0.5, 0.6) is 0 Å². The number of carbonyl (C=O) groups excluding carboxylic acids is 4. The molecule has 1 aliphatic heterocycles. The lowest BCUT2D eigenvalue weighted by atomic mass is 9.85. The third-order valence-electron chi connectivity index (χ3n) is 6.43. The maximum absolute atomic E-state index is 12.9. The Morgan fingerprint density at radius 3 is 2.24 bits per heavy atom. The molecular formula is C24H26N4O6. The van der Waals surface area contributed by atoms with Crippen molar-refractivity contribution in [3.8, 4) is 5.69 Å². The highest BCUT2D eigenvalue weighted by Crippen LogP contribution is 2.36. The van der Waals surface area contributed by atoms with Crippen LogP contribution in [0.3, 0.4) is 0 Å². The van der Waals surface area contributed by atoms with E-state index in [-0.39, 0.29) is 5.69 Å². The number of benzene rings is 1. The number of aromatic nitrogens is 2. The van der Waals surface area contributed by atoms with Gasteiger partial charge in [-0.05, 0) is 38.8 Å². The van der Waals surface area contributed by atoms with Gasteiger partial charge in [-0.1, -0.05) is 30.4 Å². The molecule has 1 saturated heterocycles. The fraction of sp³-hybridized carbons (Fsp3) is 0.375. The van der Waals surface area contributed by atoms with Crippen LogP contribution in [0.1, 0.15) is 25.5 Å². The van der Waals surface area contributed by atoms with Gasteiger partial charge in [-0.3, -0.25) is 28.8 Å². The van der Waals surface area contributed by atoms with Crippen LogP contribution in [0, 0.1) is 18.8 Å². The number of fused-ring (bicyclic) bond motifs is 1. The van der Waals surface area contributed by atoms with Crippen LogP contribution in [0.2, 0.25) is 0 Å². The van der Waals surface area contributed by atoms with Gasteiger partial charge in [0.15, 0.2) is 6.61 Å². The van der Waals surface area contributed by atoms with E-state index in [1.54, 1.807) is 42.9 Å². The van der Waals surface area contributed by atoms with Crippen molar-refractivity contribution in [1.82, 2.24) is 14.3 Å². The molecular weight excluding hydrogens is 440 g/mol. The number of rotatable bonds is 6. The van der Waals surface area contributed by atoms with E-state index < -0.39 is 53.7 Å². The zero-order valence-electron chi connectivity index (χ0n) is 19.2. The molecule has 3 amide bonds. The predicted molar refractivity (Wildman–Crippen MR) is 122 cm³/mol. The van der Waals surface area contributed by atoms with E-state index in [4.69, 9.17) is 4.74 Å². The lowest BCUT2D eigenvalue weighted by Crippen LogP contribution is -2.45.